The van der Waals surface area contributed by atoms with Crippen molar-refractivity contribution in [2.45, 2.75) is 125 Å². The molecule has 4 aromatic rings. The average molecular weight is 574 g/mol. The summed E-state index contributed by atoms with van der Waals surface area (Å²) in [4.78, 5) is 4.63. The zero-order chi connectivity index (χ0) is 30.8. The van der Waals surface area contributed by atoms with Crippen molar-refractivity contribution in [2.24, 2.45) is 14.1 Å². The van der Waals surface area contributed by atoms with E-state index in [4.69, 9.17) is 0 Å². The molecule has 5 rings (SSSR count). The molecule has 0 bridgehead atoms. The molecule has 0 amide bonds. The predicted molar refractivity (Wildman–Crippen MR) is 181 cm³/mol. The first-order chi connectivity index (χ1) is 18.9. The van der Waals surface area contributed by atoms with Crippen LogP contribution in [0.1, 0.15) is 130 Å². The number of aromatic nitrogens is 5. The molecule has 0 unspecified atom stereocenters. The van der Waals surface area contributed by atoms with Crippen LogP contribution in [0, 0.1) is 6.92 Å². The Hall–Kier alpha value is -3.08. The van der Waals surface area contributed by atoms with Crippen molar-refractivity contribution in [3.8, 4) is 5.69 Å². The van der Waals surface area contributed by atoms with Crippen molar-refractivity contribution >= 4 is 0 Å². The number of nitrogens with zero attached hydrogens (tertiary/aromatic N) is 5. The molecule has 42 heavy (non-hydrogen) atoms. The Balaban J connectivity index is 0.000000223. The standard InChI is InChI=1S/C14H19N3.C12H19N.C10H17N.CH4/c1-5-12-15-13(14(2,3)4)16-17(12)11-9-7-6-8-10-11;1-12(2,3)10-7-8-13(4)11(10)9-5-6-9;1-8-9(10(2,3)4)6-7-11(8)5;/h6-10H,5H2,1-4H3;7-9H,5-6H2,1-4H3;6-7H,1-5H3;1H4. The van der Waals surface area contributed by atoms with E-state index in [9.17, 15) is 0 Å². The van der Waals surface area contributed by atoms with Gasteiger partial charge in [0.15, 0.2) is 5.82 Å². The summed E-state index contributed by atoms with van der Waals surface area (Å²) in [5, 5.41) is 4.63. The summed E-state index contributed by atoms with van der Waals surface area (Å²) in [7, 11) is 4.26. The van der Waals surface area contributed by atoms with Crippen LogP contribution < -0.4 is 0 Å². The topological polar surface area (TPSA) is 40.6 Å². The van der Waals surface area contributed by atoms with Gasteiger partial charge >= 0.3 is 0 Å². The molecule has 0 radical (unpaired) electrons. The maximum atomic E-state index is 4.63. The molecular formula is C37H59N5. The van der Waals surface area contributed by atoms with E-state index in [1.165, 1.54) is 29.7 Å². The van der Waals surface area contributed by atoms with Gasteiger partial charge in [-0.1, -0.05) is 94.9 Å². The minimum absolute atomic E-state index is 0. The zero-order valence-electron chi connectivity index (χ0n) is 28.1. The van der Waals surface area contributed by atoms with Crippen LogP contribution in [0.5, 0.6) is 0 Å². The number of hydrogen-bond acceptors (Lipinski definition) is 2. The minimum atomic E-state index is -0.00997. The van der Waals surface area contributed by atoms with Gasteiger partial charge in [-0.15, -0.1) is 0 Å². The van der Waals surface area contributed by atoms with Gasteiger partial charge in [0.2, 0.25) is 0 Å². The fourth-order valence-electron chi connectivity index (χ4n) is 5.11. The lowest BCUT2D eigenvalue weighted by molar-refractivity contribution is 0.543. The molecule has 0 saturated heterocycles. The van der Waals surface area contributed by atoms with Crippen LogP contribution in [-0.4, -0.2) is 23.9 Å². The second-order valence-corrected chi connectivity index (χ2v) is 14.6. The Morgan fingerprint density at radius 2 is 1.26 bits per heavy atom. The van der Waals surface area contributed by atoms with Gasteiger partial charge in [-0.2, -0.15) is 5.10 Å². The van der Waals surface area contributed by atoms with Gasteiger partial charge in [-0.05, 0) is 71.9 Å². The molecule has 1 fully saturated rings. The first-order valence-corrected chi connectivity index (χ1v) is 15.2. The summed E-state index contributed by atoms with van der Waals surface area (Å²) in [6.45, 7) is 24.3. The number of hydrogen-bond donors (Lipinski definition) is 0. The van der Waals surface area contributed by atoms with Crippen molar-refractivity contribution in [2.75, 3.05) is 0 Å². The molecule has 5 nitrogen and oxygen atoms in total. The van der Waals surface area contributed by atoms with E-state index in [-0.39, 0.29) is 18.3 Å². The Bertz CT molecular complexity index is 1390. The van der Waals surface area contributed by atoms with Crippen LogP contribution in [0.15, 0.2) is 54.9 Å². The van der Waals surface area contributed by atoms with E-state index in [1.807, 2.05) is 22.9 Å². The van der Waals surface area contributed by atoms with Gasteiger partial charge in [0.1, 0.15) is 5.82 Å². The Morgan fingerprint density at radius 3 is 1.67 bits per heavy atom. The summed E-state index contributed by atoms with van der Waals surface area (Å²) in [6, 6.07) is 14.7. The largest absolute Gasteiger partial charge is 0.354 e. The van der Waals surface area contributed by atoms with Gasteiger partial charge in [0, 0.05) is 49.7 Å². The van der Waals surface area contributed by atoms with Gasteiger partial charge in [-0.3, -0.25) is 0 Å². The summed E-state index contributed by atoms with van der Waals surface area (Å²) in [6.07, 6.45) is 7.99. The summed E-state index contributed by atoms with van der Waals surface area (Å²) in [5.74, 6) is 2.77. The predicted octanol–water partition coefficient (Wildman–Crippen LogP) is 9.59. The third-order valence-corrected chi connectivity index (χ3v) is 7.75. The first-order valence-electron chi connectivity index (χ1n) is 15.2. The van der Waals surface area contributed by atoms with E-state index in [0.717, 1.165) is 29.7 Å². The molecule has 3 aromatic heterocycles. The molecular weight excluding hydrogens is 514 g/mol. The maximum absolute atomic E-state index is 4.63. The van der Waals surface area contributed by atoms with Crippen LogP contribution in [0.4, 0.5) is 0 Å². The van der Waals surface area contributed by atoms with E-state index >= 15 is 0 Å². The highest BCUT2D eigenvalue weighted by atomic mass is 15.4. The van der Waals surface area contributed by atoms with Gasteiger partial charge in [-0.25, -0.2) is 9.67 Å². The van der Waals surface area contributed by atoms with Crippen molar-refractivity contribution < 1.29 is 0 Å². The highest BCUT2D eigenvalue weighted by Crippen LogP contribution is 2.44. The summed E-state index contributed by atoms with van der Waals surface area (Å²) in [5.41, 5.74) is 7.59. The third kappa shape index (κ3) is 8.72. The van der Waals surface area contributed by atoms with E-state index in [1.54, 1.807) is 5.69 Å². The van der Waals surface area contributed by atoms with E-state index in [2.05, 4.69) is 146 Å². The molecule has 1 aliphatic carbocycles. The second kappa shape index (κ2) is 13.5. The normalized spacial score (nSPS) is 13.5. The minimum Gasteiger partial charge on any atom is -0.354 e. The lowest BCUT2D eigenvalue weighted by Gasteiger charge is -2.20. The first kappa shape index (κ1) is 35.1. The van der Waals surface area contributed by atoms with Crippen LogP contribution in [-0.2, 0) is 36.8 Å². The second-order valence-electron chi connectivity index (χ2n) is 14.6. The number of aryl methyl sites for hydroxylation is 3. The van der Waals surface area contributed by atoms with Crippen LogP contribution >= 0.6 is 0 Å². The van der Waals surface area contributed by atoms with Gasteiger partial charge < -0.3 is 9.13 Å². The van der Waals surface area contributed by atoms with E-state index in [0.29, 0.717) is 5.41 Å². The quantitative estimate of drug-likeness (QED) is 0.245. The van der Waals surface area contributed by atoms with Gasteiger partial charge in [0.25, 0.3) is 0 Å². The van der Waals surface area contributed by atoms with Crippen LogP contribution in [0.3, 0.4) is 0 Å². The van der Waals surface area contributed by atoms with Gasteiger partial charge in [0.05, 0.1) is 5.69 Å². The summed E-state index contributed by atoms with van der Waals surface area (Å²) < 4.78 is 6.42. The smallest absolute Gasteiger partial charge is 0.156 e. The van der Waals surface area contributed by atoms with Crippen molar-refractivity contribution in [1.82, 2.24) is 23.9 Å². The number of rotatable bonds is 3. The molecule has 5 heteroatoms. The third-order valence-electron chi connectivity index (χ3n) is 7.75. The molecule has 0 spiro atoms. The van der Waals surface area contributed by atoms with Crippen molar-refractivity contribution in [1.29, 1.82) is 0 Å². The van der Waals surface area contributed by atoms with Crippen molar-refractivity contribution in [3.63, 3.8) is 0 Å². The SMILES string of the molecule is C.CCc1nc(C(C)(C)C)nn1-c1ccccc1.Cc1c(C(C)(C)C)ccn1C.Cn1ccc(C(C)(C)C)c1C1CC1. The highest BCUT2D eigenvalue weighted by Gasteiger charge is 2.32. The average Bonchev–Trinajstić information content (AvgIpc) is 3.31. The van der Waals surface area contributed by atoms with Crippen molar-refractivity contribution in [3.05, 3.63) is 89.0 Å². The zero-order valence-corrected chi connectivity index (χ0v) is 28.1. The molecule has 0 aliphatic heterocycles. The molecule has 1 aliphatic rings. The van der Waals surface area contributed by atoms with Crippen LogP contribution in [0.25, 0.3) is 5.69 Å². The lowest BCUT2D eigenvalue weighted by Crippen LogP contribution is -2.14. The molecule has 3 heterocycles. The Kier molecular flexibility index (Phi) is 11.3. The molecule has 1 saturated carbocycles. The fraction of sp³-hybridized carbons (Fsp3) is 0.568. The molecule has 232 valence electrons. The monoisotopic (exact) mass is 573 g/mol. The molecule has 1 aromatic carbocycles. The maximum Gasteiger partial charge on any atom is 0.156 e. The Morgan fingerprint density at radius 1 is 0.738 bits per heavy atom. The molecule has 0 atom stereocenters. The summed E-state index contributed by atoms with van der Waals surface area (Å²) >= 11 is 0. The Labute approximate surface area is 257 Å². The van der Waals surface area contributed by atoms with Crippen LogP contribution in [0.2, 0.25) is 0 Å². The van der Waals surface area contributed by atoms with E-state index < -0.39 is 0 Å². The lowest BCUT2D eigenvalue weighted by atomic mass is 9.86. The number of benzene rings is 1. The fourth-order valence-corrected chi connectivity index (χ4v) is 5.11. The number of para-hydroxylation sites is 1. The highest BCUT2D eigenvalue weighted by molar-refractivity contribution is 5.34. The molecule has 0 N–H and O–H groups in total.